The van der Waals surface area contributed by atoms with E-state index >= 15 is 0 Å². The molecule has 0 spiro atoms. The number of nitrogens with one attached hydrogen (secondary N) is 1. The summed E-state index contributed by atoms with van der Waals surface area (Å²) in [5.74, 6) is -1.43. The number of hydrogen-bond donors (Lipinski definition) is 1. The molecule has 28 heavy (non-hydrogen) atoms. The summed E-state index contributed by atoms with van der Waals surface area (Å²) in [6, 6.07) is 1.22. The molecule has 0 bridgehead atoms. The van der Waals surface area contributed by atoms with Gasteiger partial charge in [-0.1, -0.05) is 0 Å². The van der Waals surface area contributed by atoms with Gasteiger partial charge in [0.2, 0.25) is 0 Å². The van der Waals surface area contributed by atoms with Gasteiger partial charge in [-0.25, -0.2) is 14.0 Å². The number of carbonyl (C=O) groups excluding carboxylic acids is 1. The lowest BCUT2D eigenvalue weighted by Crippen LogP contribution is -2.43. The highest BCUT2D eigenvalue weighted by Crippen LogP contribution is 2.38. The molecule has 6 nitrogen and oxygen atoms in total. The molecule has 0 saturated carbocycles. The molecule has 1 fully saturated rings. The Balaban J connectivity index is 1.92. The van der Waals surface area contributed by atoms with E-state index in [1.807, 2.05) is 0 Å². The van der Waals surface area contributed by atoms with E-state index in [1.54, 1.807) is 20.8 Å². The molecule has 1 saturated heterocycles. The summed E-state index contributed by atoms with van der Waals surface area (Å²) >= 11 is 0. The summed E-state index contributed by atoms with van der Waals surface area (Å²) in [6.07, 6.45) is -4.96. The minimum absolute atomic E-state index is 0.0757. The Kier molecular flexibility index (Phi) is 4.93. The van der Waals surface area contributed by atoms with Crippen molar-refractivity contribution in [3.8, 4) is 0 Å². The van der Waals surface area contributed by atoms with Crippen molar-refractivity contribution in [1.29, 1.82) is 0 Å². The number of hydrogen-bond acceptors (Lipinski definition) is 3. The van der Waals surface area contributed by atoms with Crippen LogP contribution in [0.1, 0.15) is 45.2 Å². The molecule has 1 aromatic carbocycles. The molecular weight excluding hydrogens is 382 g/mol. The number of carbonyl (C=O) groups is 1. The molecule has 0 atom stereocenters. The summed E-state index contributed by atoms with van der Waals surface area (Å²) in [6.45, 7) is 5.63. The number of likely N-dealkylation sites (tertiary alicyclic amines) is 1. The van der Waals surface area contributed by atoms with E-state index in [0.717, 1.165) is 10.6 Å². The summed E-state index contributed by atoms with van der Waals surface area (Å²) < 4.78 is 60.5. The molecule has 1 aliphatic heterocycles. The fourth-order valence-electron chi connectivity index (χ4n) is 3.45. The van der Waals surface area contributed by atoms with Gasteiger partial charge in [0.15, 0.2) is 0 Å². The smallest absolute Gasteiger partial charge is 0.421 e. The maximum atomic E-state index is 14.0. The van der Waals surface area contributed by atoms with Gasteiger partial charge in [0.1, 0.15) is 17.0 Å². The van der Waals surface area contributed by atoms with Crippen LogP contribution in [-0.2, 0) is 10.9 Å². The largest absolute Gasteiger partial charge is 0.444 e. The third kappa shape index (κ3) is 3.85. The molecule has 0 aliphatic carbocycles. The van der Waals surface area contributed by atoms with Gasteiger partial charge in [-0.05, 0) is 45.7 Å². The Morgan fingerprint density at radius 2 is 1.79 bits per heavy atom. The fourth-order valence-corrected chi connectivity index (χ4v) is 3.45. The Morgan fingerprint density at radius 3 is 2.32 bits per heavy atom. The number of amides is 1. The molecule has 2 heterocycles. The van der Waals surface area contributed by atoms with Crippen LogP contribution >= 0.6 is 0 Å². The van der Waals surface area contributed by atoms with Gasteiger partial charge in [0.05, 0.1) is 11.0 Å². The molecule has 0 unspecified atom stereocenters. The Hall–Kier alpha value is -2.52. The first kappa shape index (κ1) is 20.2. The average Bonchev–Trinajstić information content (AvgIpc) is 2.87. The minimum atomic E-state index is -4.95. The monoisotopic (exact) mass is 403 g/mol. The minimum Gasteiger partial charge on any atom is -0.444 e. The van der Waals surface area contributed by atoms with Crippen LogP contribution in [0.25, 0.3) is 11.0 Å². The molecule has 1 aliphatic rings. The number of nitrogens with zero attached hydrogens (tertiary/aromatic N) is 2. The molecule has 10 heteroatoms. The first-order valence-electron chi connectivity index (χ1n) is 8.86. The normalized spacial score (nSPS) is 16.6. The highest BCUT2D eigenvalue weighted by atomic mass is 19.4. The molecule has 1 N–H and O–H groups in total. The van der Waals surface area contributed by atoms with E-state index < -0.39 is 46.5 Å². The average molecular weight is 403 g/mol. The highest BCUT2D eigenvalue weighted by molar-refractivity contribution is 5.80. The third-order valence-electron chi connectivity index (χ3n) is 4.59. The van der Waals surface area contributed by atoms with E-state index in [0.29, 0.717) is 6.07 Å². The lowest BCUT2D eigenvalue weighted by atomic mass is 10.0. The SMILES string of the molecule is CC(C)(C)OC(=O)N1CCC(n2c(=O)[nH]c3ccc(F)c(C(F)(F)F)c32)CC1. The van der Waals surface area contributed by atoms with Gasteiger partial charge in [-0.2, -0.15) is 13.2 Å². The summed E-state index contributed by atoms with van der Waals surface area (Å²) in [7, 11) is 0. The highest BCUT2D eigenvalue weighted by Gasteiger charge is 2.39. The molecular formula is C18H21F4N3O3. The van der Waals surface area contributed by atoms with Crippen molar-refractivity contribution in [3.05, 3.63) is 34.0 Å². The van der Waals surface area contributed by atoms with E-state index in [4.69, 9.17) is 4.74 Å². The first-order chi connectivity index (χ1) is 12.9. The second-order valence-electron chi connectivity index (χ2n) is 7.82. The number of fused-ring (bicyclic) bond motifs is 1. The van der Waals surface area contributed by atoms with E-state index in [9.17, 15) is 27.2 Å². The topological polar surface area (TPSA) is 67.3 Å². The van der Waals surface area contributed by atoms with Crippen LogP contribution in [0.15, 0.2) is 16.9 Å². The number of ether oxygens (including phenoxy) is 1. The molecule has 3 rings (SSSR count). The standard InChI is InChI=1S/C18H21F4N3O3/c1-17(2,3)28-16(27)24-8-6-10(7-9-24)25-14-12(23-15(25)26)5-4-11(19)13(14)18(20,21)22/h4-5,10H,6-9H2,1-3H3,(H,23,26). The molecule has 1 aromatic heterocycles. The zero-order valence-electron chi connectivity index (χ0n) is 15.7. The summed E-state index contributed by atoms with van der Waals surface area (Å²) in [5, 5.41) is 0. The zero-order valence-corrected chi connectivity index (χ0v) is 15.7. The Labute approximate surface area is 158 Å². The van der Waals surface area contributed by atoms with E-state index in [1.165, 1.54) is 4.90 Å². The number of H-pyrrole nitrogens is 1. The number of halogens is 4. The second-order valence-corrected chi connectivity index (χ2v) is 7.82. The quantitative estimate of drug-likeness (QED) is 0.731. The molecule has 0 radical (unpaired) electrons. The molecule has 154 valence electrons. The number of rotatable bonds is 1. The molecule has 1 amide bonds. The predicted octanol–water partition coefficient (Wildman–Crippen LogP) is 4.06. The van der Waals surface area contributed by atoms with Gasteiger partial charge in [-0.15, -0.1) is 0 Å². The molecule has 2 aromatic rings. The van der Waals surface area contributed by atoms with Crippen molar-refractivity contribution in [1.82, 2.24) is 14.5 Å². The van der Waals surface area contributed by atoms with Crippen molar-refractivity contribution in [2.75, 3.05) is 13.1 Å². The van der Waals surface area contributed by atoms with Crippen LogP contribution in [0.5, 0.6) is 0 Å². The van der Waals surface area contributed by atoms with Gasteiger partial charge in [-0.3, -0.25) is 4.57 Å². The number of alkyl halides is 3. The van der Waals surface area contributed by atoms with Crippen molar-refractivity contribution in [3.63, 3.8) is 0 Å². The second kappa shape index (κ2) is 6.82. The van der Waals surface area contributed by atoms with Crippen LogP contribution in [0.4, 0.5) is 22.4 Å². The lowest BCUT2D eigenvalue weighted by molar-refractivity contribution is -0.138. The lowest BCUT2D eigenvalue weighted by Gasteiger charge is -2.34. The van der Waals surface area contributed by atoms with Gasteiger partial charge < -0.3 is 14.6 Å². The van der Waals surface area contributed by atoms with Gasteiger partial charge in [0.25, 0.3) is 0 Å². The maximum absolute atomic E-state index is 14.0. The number of benzene rings is 1. The Morgan fingerprint density at radius 1 is 1.18 bits per heavy atom. The van der Waals surface area contributed by atoms with Crippen molar-refractivity contribution in [2.45, 2.75) is 51.4 Å². The summed E-state index contributed by atoms with van der Waals surface area (Å²) in [5.41, 5.74) is -3.43. The van der Waals surface area contributed by atoms with Crippen LogP contribution in [0.2, 0.25) is 0 Å². The Bertz CT molecular complexity index is 948. The van der Waals surface area contributed by atoms with Gasteiger partial charge >= 0.3 is 18.0 Å². The first-order valence-corrected chi connectivity index (χ1v) is 8.86. The predicted molar refractivity (Wildman–Crippen MR) is 93.6 cm³/mol. The van der Waals surface area contributed by atoms with Crippen LogP contribution in [-0.4, -0.2) is 39.2 Å². The fraction of sp³-hybridized carbons (Fsp3) is 0.556. The van der Waals surface area contributed by atoms with E-state index in [2.05, 4.69) is 4.98 Å². The van der Waals surface area contributed by atoms with Crippen molar-refractivity contribution < 1.29 is 27.1 Å². The number of piperidine rings is 1. The van der Waals surface area contributed by atoms with Gasteiger partial charge in [0, 0.05) is 19.1 Å². The van der Waals surface area contributed by atoms with Crippen LogP contribution in [0.3, 0.4) is 0 Å². The summed E-state index contributed by atoms with van der Waals surface area (Å²) in [4.78, 5) is 28.3. The van der Waals surface area contributed by atoms with Crippen LogP contribution < -0.4 is 5.69 Å². The van der Waals surface area contributed by atoms with Crippen molar-refractivity contribution >= 4 is 17.1 Å². The van der Waals surface area contributed by atoms with Crippen molar-refractivity contribution in [2.24, 2.45) is 0 Å². The maximum Gasteiger partial charge on any atom is 0.421 e. The number of aromatic nitrogens is 2. The zero-order chi connectivity index (χ0) is 20.9. The number of imidazole rings is 1. The number of aromatic amines is 1. The van der Waals surface area contributed by atoms with Crippen LogP contribution in [0, 0.1) is 5.82 Å². The van der Waals surface area contributed by atoms with E-state index in [-0.39, 0.29) is 31.4 Å². The third-order valence-corrected chi connectivity index (χ3v) is 4.59.